The fraction of sp³-hybridized carbons (Fsp3) is 0.704. The predicted octanol–water partition coefficient (Wildman–Crippen LogP) is 2.91. The van der Waals surface area contributed by atoms with Crippen LogP contribution in [0.15, 0.2) is 30.3 Å². The van der Waals surface area contributed by atoms with Crippen LogP contribution in [0.25, 0.3) is 0 Å². The molecular formula is C27H41N3O4S. The Bertz CT molecular complexity index is 1030. The molecule has 0 bridgehead atoms. The van der Waals surface area contributed by atoms with Crippen LogP contribution in [0, 0.1) is 10.8 Å². The molecule has 3 aliphatic rings. The molecular weight excluding hydrogens is 462 g/mol. The number of sulfone groups is 1. The van der Waals surface area contributed by atoms with E-state index < -0.39 is 15.3 Å². The Balaban J connectivity index is 1.36. The van der Waals surface area contributed by atoms with Gasteiger partial charge in [0.05, 0.1) is 11.5 Å². The lowest BCUT2D eigenvalue weighted by molar-refractivity contribution is -0.141. The normalized spacial score (nSPS) is 29.2. The third-order valence-electron chi connectivity index (χ3n) is 8.93. The monoisotopic (exact) mass is 503 g/mol. The van der Waals surface area contributed by atoms with Crippen molar-refractivity contribution in [3.63, 3.8) is 0 Å². The molecule has 1 aromatic rings. The van der Waals surface area contributed by atoms with Gasteiger partial charge in [0, 0.05) is 43.6 Å². The van der Waals surface area contributed by atoms with Gasteiger partial charge < -0.3 is 9.80 Å². The summed E-state index contributed by atoms with van der Waals surface area (Å²) in [4.78, 5) is 32.1. The Morgan fingerprint density at radius 1 is 1.03 bits per heavy atom. The Labute approximate surface area is 210 Å². The van der Waals surface area contributed by atoms with Gasteiger partial charge in [-0.15, -0.1) is 0 Å². The van der Waals surface area contributed by atoms with Crippen LogP contribution in [0.1, 0.15) is 57.9 Å². The first-order chi connectivity index (χ1) is 16.4. The molecule has 1 spiro atoms. The number of likely N-dealkylation sites (tertiary alicyclic amines) is 1. The molecule has 3 fully saturated rings. The van der Waals surface area contributed by atoms with Gasteiger partial charge in [0.25, 0.3) is 0 Å². The zero-order valence-corrected chi connectivity index (χ0v) is 22.6. The highest BCUT2D eigenvalue weighted by atomic mass is 32.2. The zero-order chi connectivity index (χ0) is 25.5. The lowest BCUT2D eigenvalue weighted by Crippen LogP contribution is -2.49. The molecule has 7 nitrogen and oxygen atoms in total. The number of hydrogen-bond donors (Lipinski definition) is 0. The van der Waals surface area contributed by atoms with Gasteiger partial charge in [-0.3, -0.25) is 14.5 Å². The highest BCUT2D eigenvalue weighted by molar-refractivity contribution is 7.91. The third kappa shape index (κ3) is 5.29. The number of amides is 2. The van der Waals surface area contributed by atoms with E-state index in [-0.39, 0.29) is 47.4 Å². The summed E-state index contributed by atoms with van der Waals surface area (Å²) >= 11 is 0. The van der Waals surface area contributed by atoms with Crippen LogP contribution < -0.4 is 0 Å². The quantitative estimate of drug-likeness (QED) is 0.597. The topological polar surface area (TPSA) is 78.0 Å². The summed E-state index contributed by atoms with van der Waals surface area (Å²) in [5.41, 5.74) is 0.767. The standard InChI is InChI=1S/C27H41N3O4S/c1-25(2,24(32)29-16-18-35(33,34)19-17-29)14-15-30-21-26(20-23(30)31)10-12-27(13-11-26,28(3)4)22-8-6-5-7-9-22/h5-9H,10-21H2,1-4H3. The first kappa shape index (κ1) is 26.1. The first-order valence-corrected chi connectivity index (χ1v) is 14.7. The molecule has 35 heavy (non-hydrogen) atoms. The highest BCUT2D eigenvalue weighted by Gasteiger charge is 2.50. The molecule has 0 N–H and O–H groups in total. The Morgan fingerprint density at radius 2 is 1.63 bits per heavy atom. The number of hydrogen-bond acceptors (Lipinski definition) is 5. The molecule has 0 aromatic heterocycles. The maximum atomic E-state index is 13.1. The van der Waals surface area contributed by atoms with Crippen molar-refractivity contribution >= 4 is 21.7 Å². The second kappa shape index (κ2) is 9.51. The Kier molecular flexibility index (Phi) is 7.10. The largest absolute Gasteiger partial charge is 0.342 e. The van der Waals surface area contributed by atoms with E-state index in [0.717, 1.165) is 32.2 Å². The third-order valence-corrected chi connectivity index (χ3v) is 10.5. The zero-order valence-electron chi connectivity index (χ0n) is 21.8. The van der Waals surface area contributed by atoms with E-state index in [4.69, 9.17) is 0 Å². The van der Waals surface area contributed by atoms with Crippen molar-refractivity contribution < 1.29 is 18.0 Å². The van der Waals surface area contributed by atoms with Gasteiger partial charge in [0.1, 0.15) is 0 Å². The average molecular weight is 504 g/mol. The lowest BCUT2D eigenvalue weighted by Gasteiger charge is -2.49. The molecule has 2 amide bonds. The maximum absolute atomic E-state index is 13.1. The van der Waals surface area contributed by atoms with Crippen molar-refractivity contribution in [2.45, 2.75) is 57.9 Å². The minimum absolute atomic E-state index is 0.00921. The van der Waals surface area contributed by atoms with Gasteiger partial charge in [0.15, 0.2) is 9.84 Å². The van der Waals surface area contributed by atoms with E-state index in [2.05, 4.69) is 49.3 Å². The number of benzene rings is 1. The van der Waals surface area contributed by atoms with E-state index in [0.29, 0.717) is 19.4 Å². The van der Waals surface area contributed by atoms with Gasteiger partial charge >= 0.3 is 0 Å². The fourth-order valence-corrected chi connectivity index (χ4v) is 7.52. The number of rotatable bonds is 6. The SMILES string of the molecule is CN(C)C1(c2ccccc2)CCC2(CC1)CC(=O)N(CCC(C)(C)C(=O)N1CCS(=O)(=O)CC1)C2. The molecule has 0 radical (unpaired) electrons. The van der Waals surface area contributed by atoms with Crippen molar-refractivity contribution in [1.29, 1.82) is 0 Å². The van der Waals surface area contributed by atoms with Crippen molar-refractivity contribution in [2.24, 2.45) is 10.8 Å². The van der Waals surface area contributed by atoms with Gasteiger partial charge in [-0.2, -0.15) is 0 Å². The number of carbonyl (C=O) groups is 2. The summed E-state index contributed by atoms with van der Waals surface area (Å²) in [5.74, 6) is 0.276. The van der Waals surface area contributed by atoms with E-state index in [1.807, 2.05) is 18.7 Å². The molecule has 1 saturated carbocycles. The van der Waals surface area contributed by atoms with Crippen molar-refractivity contribution in [3.8, 4) is 0 Å². The molecule has 2 saturated heterocycles. The summed E-state index contributed by atoms with van der Waals surface area (Å²) in [6.07, 6.45) is 5.30. The number of carbonyl (C=O) groups excluding carboxylic acids is 2. The first-order valence-electron chi connectivity index (χ1n) is 12.9. The lowest BCUT2D eigenvalue weighted by atomic mass is 9.64. The van der Waals surface area contributed by atoms with E-state index in [9.17, 15) is 18.0 Å². The van der Waals surface area contributed by atoms with Crippen LogP contribution in [0.4, 0.5) is 0 Å². The summed E-state index contributed by atoms with van der Waals surface area (Å²) in [5, 5.41) is 0. The van der Waals surface area contributed by atoms with Crippen molar-refractivity contribution in [2.75, 3.05) is 51.8 Å². The van der Waals surface area contributed by atoms with Crippen LogP contribution in [0.3, 0.4) is 0 Å². The van der Waals surface area contributed by atoms with E-state index in [1.54, 1.807) is 4.90 Å². The van der Waals surface area contributed by atoms with Crippen molar-refractivity contribution in [1.82, 2.24) is 14.7 Å². The molecule has 0 unspecified atom stereocenters. The molecule has 4 rings (SSSR count). The van der Waals surface area contributed by atoms with E-state index in [1.165, 1.54) is 5.56 Å². The Hall–Kier alpha value is -1.93. The average Bonchev–Trinajstić information content (AvgIpc) is 3.13. The summed E-state index contributed by atoms with van der Waals surface area (Å²) in [7, 11) is 1.30. The molecule has 2 aliphatic heterocycles. The molecule has 1 aliphatic carbocycles. The van der Waals surface area contributed by atoms with Crippen LogP contribution in [0.5, 0.6) is 0 Å². The minimum Gasteiger partial charge on any atom is -0.342 e. The second-order valence-electron chi connectivity index (χ2n) is 11.9. The molecule has 0 atom stereocenters. The molecule has 8 heteroatoms. The smallest absolute Gasteiger partial charge is 0.228 e. The number of nitrogens with zero attached hydrogens (tertiary/aromatic N) is 3. The van der Waals surface area contributed by atoms with Crippen LogP contribution in [-0.2, 0) is 25.0 Å². The fourth-order valence-electron chi connectivity index (χ4n) is 6.32. The summed E-state index contributed by atoms with van der Waals surface area (Å²) in [6, 6.07) is 10.7. The van der Waals surface area contributed by atoms with Crippen LogP contribution in [0.2, 0.25) is 0 Å². The van der Waals surface area contributed by atoms with Crippen LogP contribution >= 0.6 is 0 Å². The van der Waals surface area contributed by atoms with Crippen molar-refractivity contribution in [3.05, 3.63) is 35.9 Å². The highest BCUT2D eigenvalue weighted by Crippen LogP contribution is 2.52. The minimum atomic E-state index is -3.02. The second-order valence-corrected chi connectivity index (χ2v) is 14.2. The maximum Gasteiger partial charge on any atom is 0.228 e. The molecule has 194 valence electrons. The molecule has 1 aromatic carbocycles. The predicted molar refractivity (Wildman–Crippen MR) is 138 cm³/mol. The van der Waals surface area contributed by atoms with E-state index >= 15 is 0 Å². The van der Waals surface area contributed by atoms with Crippen LogP contribution in [-0.4, -0.2) is 86.7 Å². The Morgan fingerprint density at radius 3 is 2.20 bits per heavy atom. The summed E-state index contributed by atoms with van der Waals surface area (Å²) in [6.45, 7) is 5.72. The molecule has 2 heterocycles. The summed E-state index contributed by atoms with van der Waals surface area (Å²) < 4.78 is 23.4. The van der Waals surface area contributed by atoms with Gasteiger partial charge in [-0.05, 0) is 57.2 Å². The van der Waals surface area contributed by atoms with Gasteiger partial charge in [-0.1, -0.05) is 44.2 Å². The van der Waals surface area contributed by atoms with Gasteiger partial charge in [-0.25, -0.2) is 8.42 Å². The van der Waals surface area contributed by atoms with Gasteiger partial charge in [0.2, 0.25) is 11.8 Å².